The molecule has 2 aromatic rings. The number of rotatable bonds is 5. The van der Waals surface area contributed by atoms with Crippen molar-refractivity contribution >= 4 is 28.7 Å². The molecule has 0 radical (unpaired) electrons. The summed E-state index contributed by atoms with van der Waals surface area (Å²) in [5.41, 5.74) is 2.72. The highest BCUT2D eigenvalue weighted by atomic mass is 32.1. The van der Waals surface area contributed by atoms with E-state index in [1.54, 1.807) is 11.3 Å². The third-order valence-electron chi connectivity index (χ3n) is 2.47. The molecule has 90 valence electrons. The van der Waals surface area contributed by atoms with Crippen LogP contribution in [0, 0.1) is 0 Å². The van der Waals surface area contributed by atoms with Crippen molar-refractivity contribution in [1.82, 2.24) is 5.32 Å². The SMILES string of the molecule is CCNCC(C)=Cc1cc(-c2cccs2)cs1. The molecule has 0 aliphatic heterocycles. The lowest BCUT2D eigenvalue weighted by atomic mass is 10.2. The van der Waals surface area contributed by atoms with Gasteiger partial charge in [-0.25, -0.2) is 0 Å². The zero-order valence-corrected chi connectivity index (χ0v) is 11.8. The molecule has 0 bridgehead atoms. The molecule has 2 rings (SSSR count). The van der Waals surface area contributed by atoms with Crippen LogP contribution < -0.4 is 5.32 Å². The summed E-state index contributed by atoms with van der Waals surface area (Å²) in [6.45, 7) is 6.30. The third kappa shape index (κ3) is 3.53. The van der Waals surface area contributed by atoms with Gasteiger partial charge in [0, 0.05) is 21.9 Å². The van der Waals surface area contributed by atoms with Gasteiger partial charge in [0.1, 0.15) is 0 Å². The van der Waals surface area contributed by atoms with E-state index in [9.17, 15) is 0 Å². The highest BCUT2D eigenvalue weighted by Crippen LogP contribution is 2.30. The monoisotopic (exact) mass is 263 g/mol. The Balaban J connectivity index is 2.08. The van der Waals surface area contributed by atoms with Gasteiger partial charge in [0.15, 0.2) is 0 Å². The smallest absolute Gasteiger partial charge is 0.0351 e. The van der Waals surface area contributed by atoms with E-state index in [1.807, 2.05) is 11.3 Å². The van der Waals surface area contributed by atoms with Crippen molar-refractivity contribution in [3.8, 4) is 10.4 Å². The Bertz CT molecular complexity index is 480. The van der Waals surface area contributed by atoms with Crippen molar-refractivity contribution in [3.05, 3.63) is 39.4 Å². The predicted molar refractivity (Wildman–Crippen MR) is 79.8 cm³/mol. The van der Waals surface area contributed by atoms with Gasteiger partial charge in [0.05, 0.1) is 0 Å². The zero-order chi connectivity index (χ0) is 12.1. The molecule has 0 aliphatic rings. The van der Waals surface area contributed by atoms with Gasteiger partial charge in [-0.2, -0.15) is 0 Å². The highest BCUT2D eigenvalue weighted by Gasteiger charge is 2.01. The maximum atomic E-state index is 3.34. The van der Waals surface area contributed by atoms with E-state index in [1.165, 1.54) is 20.9 Å². The first kappa shape index (κ1) is 12.6. The quantitative estimate of drug-likeness (QED) is 0.838. The highest BCUT2D eigenvalue weighted by molar-refractivity contribution is 7.15. The summed E-state index contributed by atoms with van der Waals surface area (Å²) in [7, 11) is 0. The van der Waals surface area contributed by atoms with Gasteiger partial charge in [0.25, 0.3) is 0 Å². The van der Waals surface area contributed by atoms with E-state index < -0.39 is 0 Å². The molecule has 3 heteroatoms. The topological polar surface area (TPSA) is 12.0 Å². The van der Waals surface area contributed by atoms with Gasteiger partial charge in [0.2, 0.25) is 0 Å². The Kier molecular flexibility index (Phi) is 4.54. The lowest BCUT2D eigenvalue weighted by Gasteiger charge is -2.00. The van der Waals surface area contributed by atoms with Crippen LogP contribution in [0.15, 0.2) is 34.5 Å². The first-order chi connectivity index (χ1) is 8.29. The van der Waals surface area contributed by atoms with Crippen LogP contribution >= 0.6 is 22.7 Å². The minimum atomic E-state index is 0.975. The second-order valence-electron chi connectivity index (χ2n) is 3.99. The fourth-order valence-corrected chi connectivity index (χ4v) is 3.33. The van der Waals surface area contributed by atoms with Gasteiger partial charge < -0.3 is 5.32 Å². The van der Waals surface area contributed by atoms with Gasteiger partial charge in [-0.15, -0.1) is 22.7 Å². The Morgan fingerprint density at radius 3 is 3.00 bits per heavy atom. The minimum Gasteiger partial charge on any atom is -0.313 e. The Hall–Kier alpha value is -0.900. The van der Waals surface area contributed by atoms with Crippen molar-refractivity contribution in [3.63, 3.8) is 0 Å². The molecule has 0 fully saturated rings. The standard InChI is InChI=1S/C14H17NS2/c1-3-15-9-11(2)7-13-8-12(10-17-13)14-5-4-6-16-14/h4-8,10,15H,3,9H2,1-2H3. The van der Waals surface area contributed by atoms with Crippen molar-refractivity contribution in [2.45, 2.75) is 13.8 Å². The van der Waals surface area contributed by atoms with E-state index in [4.69, 9.17) is 0 Å². The molecule has 0 atom stereocenters. The third-order valence-corrected chi connectivity index (χ3v) is 4.27. The fourth-order valence-electron chi connectivity index (χ4n) is 1.62. The zero-order valence-electron chi connectivity index (χ0n) is 10.2. The van der Waals surface area contributed by atoms with Crippen LogP contribution in [-0.2, 0) is 0 Å². The summed E-state index contributed by atoms with van der Waals surface area (Å²) in [5.74, 6) is 0. The second kappa shape index (κ2) is 6.15. The van der Waals surface area contributed by atoms with Crippen LogP contribution in [-0.4, -0.2) is 13.1 Å². The summed E-state index contributed by atoms with van der Waals surface area (Å²) in [5, 5.41) is 7.70. The Labute approximate surface area is 111 Å². The molecule has 2 heterocycles. The van der Waals surface area contributed by atoms with Crippen molar-refractivity contribution in [2.24, 2.45) is 0 Å². The summed E-state index contributed by atoms with van der Waals surface area (Å²) >= 11 is 3.61. The minimum absolute atomic E-state index is 0.975. The molecule has 0 unspecified atom stereocenters. The molecule has 0 aliphatic carbocycles. The predicted octanol–water partition coefficient (Wildman–Crippen LogP) is 4.49. The van der Waals surface area contributed by atoms with Gasteiger partial charge in [-0.3, -0.25) is 0 Å². The summed E-state index contributed by atoms with van der Waals surface area (Å²) < 4.78 is 0. The number of likely N-dealkylation sites (N-methyl/N-ethyl adjacent to an activating group) is 1. The number of hydrogen-bond donors (Lipinski definition) is 1. The van der Waals surface area contributed by atoms with Crippen molar-refractivity contribution in [1.29, 1.82) is 0 Å². The molecule has 0 amide bonds. The molecule has 1 nitrogen and oxygen atoms in total. The van der Waals surface area contributed by atoms with Gasteiger partial charge >= 0.3 is 0 Å². The maximum Gasteiger partial charge on any atom is 0.0351 e. The van der Waals surface area contributed by atoms with Gasteiger partial charge in [-0.05, 0) is 42.4 Å². The van der Waals surface area contributed by atoms with E-state index >= 15 is 0 Å². The second-order valence-corrected chi connectivity index (χ2v) is 5.88. The largest absolute Gasteiger partial charge is 0.313 e. The molecule has 0 spiro atoms. The van der Waals surface area contributed by atoms with E-state index in [2.05, 4.69) is 54.2 Å². The number of hydrogen-bond acceptors (Lipinski definition) is 3. The molecule has 0 aromatic carbocycles. The molecule has 0 saturated carbocycles. The lowest BCUT2D eigenvalue weighted by molar-refractivity contribution is 0.779. The number of thiophene rings is 2. The molecule has 0 saturated heterocycles. The summed E-state index contributed by atoms with van der Waals surface area (Å²) in [6.07, 6.45) is 2.27. The van der Waals surface area contributed by atoms with E-state index in [-0.39, 0.29) is 0 Å². The Morgan fingerprint density at radius 1 is 1.41 bits per heavy atom. The first-order valence-corrected chi connectivity index (χ1v) is 7.56. The average molecular weight is 263 g/mol. The normalized spacial score (nSPS) is 12.0. The number of nitrogens with one attached hydrogen (secondary N) is 1. The molecule has 1 N–H and O–H groups in total. The maximum absolute atomic E-state index is 3.34. The van der Waals surface area contributed by atoms with Crippen LogP contribution in [0.4, 0.5) is 0 Å². The van der Waals surface area contributed by atoms with Crippen molar-refractivity contribution in [2.75, 3.05) is 13.1 Å². The first-order valence-electron chi connectivity index (χ1n) is 5.80. The summed E-state index contributed by atoms with van der Waals surface area (Å²) in [6, 6.07) is 6.54. The van der Waals surface area contributed by atoms with E-state index in [0.29, 0.717) is 0 Å². The van der Waals surface area contributed by atoms with Crippen molar-refractivity contribution < 1.29 is 0 Å². The van der Waals surface area contributed by atoms with Crippen LogP contribution in [0.2, 0.25) is 0 Å². The molecule has 2 aromatic heterocycles. The molecular weight excluding hydrogens is 246 g/mol. The molecular formula is C14H17NS2. The fraction of sp³-hybridized carbons (Fsp3) is 0.286. The average Bonchev–Trinajstić information content (AvgIpc) is 2.95. The van der Waals surface area contributed by atoms with Crippen LogP contribution in [0.1, 0.15) is 18.7 Å². The Morgan fingerprint density at radius 2 is 2.29 bits per heavy atom. The van der Waals surface area contributed by atoms with Crippen LogP contribution in [0.3, 0.4) is 0 Å². The van der Waals surface area contributed by atoms with Gasteiger partial charge in [-0.1, -0.05) is 18.6 Å². The summed E-state index contributed by atoms with van der Waals surface area (Å²) in [4.78, 5) is 2.69. The molecule has 17 heavy (non-hydrogen) atoms. The van der Waals surface area contributed by atoms with E-state index in [0.717, 1.165) is 13.1 Å². The van der Waals surface area contributed by atoms with Crippen LogP contribution in [0.5, 0.6) is 0 Å². The lowest BCUT2D eigenvalue weighted by Crippen LogP contribution is -2.14. The van der Waals surface area contributed by atoms with Crippen LogP contribution in [0.25, 0.3) is 16.5 Å².